The summed E-state index contributed by atoms with van der Waals surface area (Å²) in [5.74, 6) is 1.41. The Kier molecular flexibility index (Phi) is 8.18. The molecule has 2 atom stereocenters. The van der Waals surface area contributed by atoms with Crippen LogP contribution in [0.5, 0.6) is 5.88 Å². The molecular formula is C34H45N3O4S. The Morgan fingerprint density at radius 2 is 1.62 bits per heavy atom. The Labute approximate surface area is 251 Å². The van der Waals surface area contributed by atoms with Gasteiger partial charge in [0.05, 0.1) is 22.8 Å². The van der Waals surface area contributed by atoms with Gasteiger partial charge in [0, 0.05) is 17.5 Å². The van der Waals surface area contributed by atoms with Gasteiger partial charge in [-0.3, -0.25) is 0 Å². The third-order valence-electron chi connectivity index (χ3n) is 8.61. The quantitative estimate of drug-likeness (QED) is 0.323. The standard InChI is InChI=1S/C34H45N3O4S/c1-21-10-8-11-22(2)30(21)28-17-29-36-32(35-28)37-42(39,40)27-13-9-12-24(16-27)31(26(20-41-29)19-33(3,4)5)25-14-23(15-25)18-34(6,7)38/h8-13,16-17,23,25-26,31,38H,14-15,18-20H2,1-7H3,(H,35,36,37)/t23?,25?,26-,31?/m1/s1. The van der Waals surface area contributed by atoms with Crippen molar-refractivity contribution in [3.05, 3.63) is 65.2 Å². The number of hydrogen-bond donors (Lipinski definition) is 2. The van der Waals surface area contributed by atoms with E-state index >= 15 is 0 Å². The molecule has 1 aliphatic heterocycles. The maximum atomic E-state index is 13.7. The highest BCUT2D eigenvalue weighted by Gasteiger charge is 2.42. The van der Waals surface area contributed by atoms with Crippen LogP contribution in [0.25, 0.3) is 11.3 Å². The van der Waals surface area contributed by atoms with Crippen molar-refractivity contribution in [1.82, 2.24) is 9.97 Å². The van der Waals surface area contributed by atoms with Crippen LogP contribution in [0.2, 0.25) is 0 Å². The molecule has 5 rings (SSSR count). The summed E-state index contributed by atoms with van der Waals surface area (Å²) >= 11 is 0. The molecule has 7 nitrogen and oxygen atoms in total. The van der Waals surface area contributed by atoms with Crippen LogP contribution < -0.4 is 9.46 Å². The Hall–Kier alpha value is -2.97. The summed E-state index contributed by atoms with van der Waals surface area (Å²) in [5.41, 5.74) is 3.99. The number of nitrogens with one attached hydrogen (secondary N) is 1. The highest BCUT2D eigenvalue weighted by molar-refractivity contribution is 7.92. The van der Waals surface area contributed by atoms with Crippen LogP contribution in [0.1, 0.15) is 82.9 Å². The van der Waals surface area contributed by atoms with Gasteiger partial charge in [0.15, 0.2) is 0 Å². The first-order chi connectivity index (χ1) is 19.6. The van der Waals surface area contributed by atoms with E-state index < -0.39 is 15.6 Å². The van der Waals surface area contributed by atoms with Crippen molar-refractivity contribution in [3.63, 3.8) is 0 Å². The van der Waals surface area contributed by atoms with Gasteiger partial charge in [-0.05, 0) is 105 Å². The fraction of sp³-hybridized carbons (Fsp3) is 0.529. The Balaban J connectivity index is 1.60. The molecule has 2 aromatic carbocycles. The van der Waals surface area contributed by atoms with Gasteiger partial charge in [0.25, 0.3) is 10.0 Å². The molecule has 1 saturated carbocycles. The van der Waals surface area contributed by atoms with Gasteiger partial charge in [-0.15, -0.1) is 0 Å². The smallest absolute Gasteiger partial charge is 0.264 e. The van der Waals surface area contributed by atoms with Crippen LogP contribution in [-0.4, -0.2) is 35.7 Å². The van der Waals surface area contributed by atoms with Crippen LogP contribution in [0.4, 0.5) is 5.95 Å². The van der Waals surface area contributed by atoms with Gasteiger partial charge < -0.3 is 9.84 Å². The molecule has 2 aliphatic rings. The predicted molar refractivity (Wildman–Crippen MR) is 167 cm³/mol. The summed E-state index contributed by atoms with van der Waals surface area (Å²) in [4.78, 5) is 9.37. The highest BCUT2D eigenvalue weighted by atomic mass is 32.2. The van der Waals surface area contributed by atoms with E-state index in [-0.39, 0.29) is 28.1 Å². The van der Waals surface area contributed by atoms with Crippen LogP contribution in [0.3, 0.4) is 0 Å². The van der Waals surface area contributed by atoms with E-state index in [1.165, 1.54) is 0 Å². The topological polar surface area (TPSA) is 101 Å². The summed E-state index contributed by atoms with van der Waals surface area (Å²) in [6, 6.07) is 15.2. The number of nitrogens with zero attached hydrogens (tertiary/aromatic N) is 2. The SMILES string of the molecule is Cc1cccc(C)c1-c1cc2nc(n1)NS(=O)(=O)c1cccc(c1)C(C1CC(CC(C)(C)O)C1)[C@H](CC(C)(C)C)CO2. The van der Waals surface area contributed by atoms with Crippen LogP contribution in [-0.2, 0) is 10.0 Å². The third-order valence-corrected chi connectivity index (χ3v) is 9.94. The van der Waals surface area contributed by atoms with Crippen molar-refractivity contribution in [2.75, 3.05) is 11.3 Å². The predicted octanol–water partition coefficient (Wildman–Crippen LogP) is 7.28. The van der Waals surface area contributed by atoms with Gasteiger partial charge in [0.2, 0.25) is 11.8 Å². The summed E-state index contributed by atoms with van der Waals surface area (Å²) < 4.78 is 36.5. The second kappa shape index (κ2) is 11.3. The highest BCUT2D eigenvalue weighted by Crippen LogP contribution is 2.51. The van der Waals surface area contributed by atoms with Crippen molar-refractivity contribution in [2.24, 2.45) is 23.2 Å². The molecule has 1 aromatic heterocycles. The monoisotopic (exact) mass is 591 g/mol. The van der Waals surface area contributed by atoms with Crippen LogP contribution in [0.15, 0.2) is 53.4 Å². The molecule has 2 N–H and O–H groups in total. The second-order valence-corrected chi connectivity index (χ2v) is 16.0. The molecule has 42 heavy (non-hydrogen) atoms. The Bertz CT molecular complexity index is 1530. The van der Waals surface area contributed by atoms with E-state index in [2.05, 4.69) is 41.5 Å². The summed E-state index contributed by atoms with van der Waals surface area (Å²) in [6.07, 6.45) is 3.67. The lowest BCUT2D eigenvalue weighted by molar-refractivity contribution is 0.00728. The molecule has 226 valence electrons. The number of hydrogen-bond acceptors (Lipinski definition) is 6. The van der Waals surface area contributed by atoms with Crippen molar-refractivity contribution in [3.8, 4) is 17.1 Å². The molecule has 3 aromatic rings. The first-order valence-electron chi connectivity index (χ1n) is 15.0. The number of aryl methyl sites for hydroxylation is 2. The number of rotatable bonds is 5. The van der Waals surface area contributed by atoms with Crippen molar-refractivity contribution in [2.45, 2.75) is 90.6 Å². The van der Waals surface area contributed by atoms with Gasteiger partial charge in [-0.25, -0.2) is 18.1 Å². The molecule has 0 amide bonds. The maximum absolute atomic E-state index is 13.7. The van der Waals surface area contributed by atoms with Crippen molar-refractivity contribution >= 4 is 16.0 Å². The van der Waals surface area contributed by atoms with E-state index in [9.17, 15) is 13.5 Å². The van der Waals surface area contributed by atoms with E-state index in [4.69, 9.17) is 4.74 Å². The van der Waals surface area contributed by atoms with E-state index in [1.54, 1.807) is 6.07 Å². The lowest BCUT2D eigenvalue weighted by Crippen LogP contribution is -2.39. The molecule has 4 bridgehead atoms. The summed E-state index contributed by atoms with van der Waals surface area (Å²) in [7, 11) is -3.95. The molecule has 0 radical (unpaired) electrons. The number of aromatic nitrogens is 2. The van der Waals surface area contributed by atoms with Gasteiger partial charge >= 0.3 is 0 Å². The molecule has 8 heteroatoms. The molecule has 1 fully saturated rings. The first-order valence-corrected chi connectivity index (χ1v) is 16.5. The normalized spacial score (nSPS) is 23.9. The minimum absolute atomic E-state index is 0.00601. The van der Waals surface area contributed by atoms with Crippen molar-refractivity contribution in [1.29, 1.82) is 0 Å². The molecule has 0 saturated heterocycles. The zero-order valence-corrected chi connectivity index (χ0v) is 26.8. The number of ether oxygens (including phenoxy) is 1. The molecule has 1 aliphatic carbocycles. The van der Waals surface area contributed by atoms with Crippen LogP contribution in [0, 0.1) is 37.0 Å². The van der Waals surface area contributed by atoms with Crippen LogP contribution >= 0.6 is 0 Å². The van der Waals surface area contributed by atoms with E-state index in [0.717, 1.165) is 47.9 Å². The lowest BCUT2D eigenvalue weighted by atomic mass is 9.60. The lowest BCUT2D eigenvalue weighted by Gasteiger charge is -2.46. The Morgan fingerprint density at radius 3 is 2.26 bits per heavy atom. The van der Waals surface area contributed by atoms with E-state index in [1.807, 2.05) is 64.1 Å². The third kappa shape index (κ3) is 6.97. The average Bonchev–Trinajstić information content (AvgIpc) is 2.83. The second-order valence-electron chi connectivity index (χ2n) is 14.3. The average molecular weight is 592 g/mol. The van der Waals surface area contributed by atoms with Gasteiger partial charge in [0.1, 0.15) is 0 Å². The zero-order valence-electron chi connectivity index (χ0n) is 25.9. The number of fused-ring (bicyclic) bond motifs is 4. The summed E-state index contributed by atoms with van der Waals surface area (Å²) in [6.45, 7) is 15.0. The fourth-order valence-corrected chi connectivity index (χ4v) is 8.11. The Morgan fingerprint density at radius 1 is 0.952 bits per heavy atom. The number of anilines is 1. The number of sulfonamides is 1. The fourth-order valence-electron chi connectivity index (χ4n) is 7.11. The van der Waals surface area contributed by atoms with Gasteiger partial charge in [-0.2, -0.15) is 4.98 Å². The van der Waals surface area contributed by atoms with Crippen molar-refractivity contribution < 1.29 is 18.3 Å². The number of benzene rings is 2. The van der Waals surface area contributed by atoms with E-state index in [0.29, 0.717) is 30.0 Å². The molecule has 2 heterocycles. The number of aliphatic hydroxyl groups is 1. The maximum Gasteiger partial charge on any atom is 0.264 e. The largest absolute Gasteiger partial charge is 0.477 e. The summed E-state index contributed by atoms with van der Waals surface area (Å²) in [5, 5.41) is 10.4. The molecular weight excluding hydrogens is 546 g/mol. The zero-order chi connectivity index (χ0) is 30.4. The molecule has 1 unspecified atom stereocenters. The minimum Gasteiger partial charge on any atom is -0.477 e. The minimum atomic E-state index is -3.95. The first kappa shape index (κ1) is 30.5. The molecule has 0 spiro atoms. The van der Waals surface area contributed by atoms with Gasteiger partial charge in [-0.1, -0.05) is 51.1 Å².